The molecule has 1 heterocycles. The molecule has 2 N–H and O–H groups in total. The summed E-state index contributed by atoms with van der Waals surface area (Å²) in [5, 5.41) is 5.61. The van der Waals surface area contributed by atoms with Crippen LogP contribution in [0.3, 0.4) is 0 Å². The van der Waals surface area contributed by atoms with Crippen molar-refractivity contribution in [3.05, 3.63) is 78.3 Å². The average Bonchev–Trinajstić information content (AvgIpc) is 3.20. The summed E-state index contributed by atoms with van der Waals surface area (Å²) in [6, 6.07) is 17.6. The van der Waals surface area contributed by atoms with E-state index in [1.165, 1.54) is 0 Å². The van der Waals surface area contributed by atoms with Crippen LogP contribution >= 0.6 is 0 Å². The Hall–Kier alpha value is -3.54. The zero-order valence-corrected chi connectivity index (χ0v) is 14.9. The SMILES string of the molecule is COc1cccc(NC(=O)c2ccccc2NC(=O)CCc2ccco2)c1. The van der Waals surface area contributed by atoms with Gasteiger partial charge in [0.2, 0.25) is 5.91 Å². The third-order valence-corrected chi connectivity index (χ3v) is 3.95. The van der Waals surface area contributed by atoms with Crippen LogP contribution in [0.4, 0.5) is 11.4 Å². The summed E-state index contributed by atoms with van der Waals surface area (Å²) in [7, 11) is 1.56. The number of benzene rings is 2. The fourth-order valence-electron chi connectivity index (χ4n) is 2.59. The number of hydrogen-bond acceptors (Lipinski definition) is 4. The lowest BCUT2D eigenvalue weighted by Crippen LogP contribution is -2.18. The number of aryl methyl sites for hydroxylation is 1. The van der Waals surface area contributed by atoms with Crippen LogP contribution in [0.25, 0.3) is 0 Å². The van der Waals surface area contributed by atoms with E-state index in [1.807, 2.05) is 6.07 Å². The van der Waals surface area contributed by atoms with Crippen LogP contribution in [0.15, 0.2) is 71.3 Å². The zero-order chi connectivity index (χ0) is 19.1. The second kappa shape index (κ2) is 8.71. The monoisotopic (exact) mass is 364 g/mol. The molecular formula is C21H20N2O4. The summed E-state index contributed by atoms with van der Waals surface area (Å²) in [5.41, 5.74) is 1.45. The highest BCUT2D eigenvalue weighted by atomic mass is 16.5. The van der Waals surface area contributed by atoms with Crippen LogP contribution in [-0.4, -0.2) is 18.9 Å². The number of nitrogens with one attached hydrogen (secondary N) is 2. The molecule has 0 spiro atoms. The van der Waals surface area contributed by atoms with Crippen LogP contribution in [0.1, 0.15) is 22.5 Å². The molecule has 0 atom stereocenters. The maximum atomic E-state index is 12.6. The van der Waals surface area contributed by atoms with E-state index in [4.69, 9.17) is 9.15 Å². The normalized spacial score (nSPS) is 10.3. The number of para-hydroxylation sites is 1. The zero-order valence-electron chi connectivity index (χ0n) is 14.9. The molecule has 138 valence electrons. The minimum Gasteiger partial charge on any atom is -0.497 e. The Kier molecular flexibility index (Phi) is 5.89. The fraction of sp³-hybridized carbons (Fsp3) is 0.143. The summed E-state index contributed by atoms with van der Waals surface area (Å²) in [4.78, 5) is 24.9. The largest absolute Gasteiger partial charge is 0.497 e. The predicted octanol–water partition coefficient (Wildman–Crippen LogP) is 4.11. The highest BCUT2D eigenvalue weighted by molar-refractivity contribution is 6.10. The van der Waals surface area contributed by atoms with Gasteiger partial charge in [0.15, 0.2) is 0 Å². The predicted molar refractivity (Wildman–Crippen MR) is 103 cm³/mol. The number of rotatable bonds is 7. The van der Waals surface area contributed by atoms with E-state index < -0.39 is 0 Å². The molecule has 0 radical (unpaired) electrons. The number of amides is 2. The van der Waals surface area contributed by atoms with Gasteiger partial charge in [0, 0.05) is 24.6 Å². The topological polar surface area (TPSA) is 80.6 Å². The van der Waals surface area contributed by atoms with Gasteiger partial charge in [0.05, 0.1) is 24.6 Å². The van der Waals surface area contributed by atoms with Crippen LogP contribution < -0.4 is 15.4 Å². The molecule has 2 amide bonds. The lowest BCUT2D eigenvalue weighted by molar-refractivity contribution is -0.116. The highest BCUT2D eigenvalue weighted by Crippen LogP contribution is 2.20. The van der Waals surface area contributed by atoms with E-state index in [0.717, 1.165) is 5.76 Å². The Morgan fingerprint density at radius 2 is 1.85 bits per heavy atom. The van der Waals surface area contributed by atoms with E-state index in [1.54, 1.807) is 68.0 Å². The first kappa shape index (κ1) is 18.3. The van der Waals surface area contributed by atoms with E-state index in [0.29, 0.717) is 29.1 Å². The van der Waals surface area contributed by atoms with Crippen molar-refractivity contribution in [2.45, 2.75) is 12.8 Å². The Morgan fingerprint density at radius 3 is 2.63 bits per heavy atom. The molecule has 27 heavy (non-hydrogen) atoms. The number of hydrogen-bond donors (Lipinski definition) is 2. The maximum absolute atomic E-state index is 12.6. The Balaban J connectivity index is 1.67. The van der Waals surface area contributed by atoms with Gasteiger partial charge in [-0.25, -0.2) is 0 Å². The molecule has 1 aromatic heterocycles. The number of anilines is 2. The van der Waals surface area contributed by atoms with Crippen molar-refractivity contribution in [2.75, 3.05) is 17.7 Å². The van der Waals surface area contributed by atoms with Gasteiger partial charge in [-0.2, -0.15) is 0 Å². The van der Waals surface area contributed by atoms with Crippen LogP contribution in [0, 0.1) is 0 Å². The first-order valence-electron chi connectivity index (χ1n) is 8.52. The van der Waals surface area contributed by atoms with Gasteiger partial charge in [-0.05, 0) is 36.4 Å². The van der Waals surface area contributed by atoms with E-state index in [9.17, 15) is 9.59 Å². The smallest absolute Gasteiger partial charge is 0.257 e. The second-order valence-electron chi connectivity index (χ2n) is 5.86. The van der Waals surface area contributed by atoms with Crippen molar-refractivity contribution in [1.82, 2.24) is 0 Å². The molecular weight excluding hydrogens is 344 g/mol. The van der Waals surface area contributed by atoms with Gasteiger partial charge in [-0.3, -0.25) is 9.59 Å². The third-order valence-electron chi connectivity index (χ3n) is 3.95. The average molecular weight is 364 g/mol. The van der Waals surface area contributed by atoms with E-state index in [-0.39, 0.29) is 18.2 Å². The molecule has 0 unspecified atom stereocenters. The molecule has 0 aliphatic carbocycles. The minimum absolute atomic E-state index is 0.187. The molecule has 0 saturated carbocycles. The quantitative estimate of drug-likeness (QED) is 0.661. The molecule has 3 rings (SSSR count). The molecule has 0 saturated heterocycles. The van der Waals surface area contributed by atoms with Gasteiger partial charge in [0.25, 0.3) is 5.91 Å². The fourth-order valence-corrected chi connectivity index (χ4v) is 2.59. The van der Waals surface area contributed by atoms with Crippen molar-refractivity contribution >= 4 is 23.2 Å². The van der Waals surface area contributed by atoms with E-state index in [2.05, 4.69) is 10.6 Å². The third kappa shape index (κ3) is 4.98. The Morgan fingerprint density at radius 1 is 1.00 bits per heavy atom. The van der Waals surface area contributed by atoms with Gasteiger partial charge >= 0.3 is 0 Å². The number of methoxy groups -OCH3 is 1. The summed E-state index contributed by atoms with van der Waals surface area (Å²) in [6.45, 7) is 0. The van der Waals surface area contributed by atoms with Crippen LogP contribution in [-0.2, 0) is 11.2 Å². The number of ether oxygens (including phenoxy) is 1. The van der Waals surface area contributed by atoms with Crippen molar-refractivity contribution < 1.29 is 18.7 Å². The van der Waals surface area contributed by atoms with Gasteiger partial charge in [-0.15, -0.1) is 0 Å². The molecule has 3 aromatic rings. The summed E-state index contributed by atoms with van der Waals surface area (Å²) in [6.07, 6.45) is 2.34. The number of carbonyl (C=O) groups excluding carboxylic acids is 2. The standard InChI is InChI=1S/C21H20N2O4/c1-26-17-7-4-6-15(14-17)22-21(25)18-9-2-3-10-19(18)23-20(24)12-11-16-8-5-13-27-16/h2-10,13-14H,11-12H2,1H3,(H,22,25)(H,23,24). The first-order chi connectivity index (χ1) is 13.2. The summed E-state index contributed by atoms with van der Waals surface area (Å²) < 4.78 is 10.4. The molecule has 6 nitrogen and oxygen atoms in total. The minimum atomic E-state index is -0.315. The van der Waals surface area contributed by atoms with Crippen LogP contribution in [0.5, 0.6) is 5.75 Å². The molecule has 2 aromatic carbocycles. The molecule has 0 aliphatic heterocycles. The Labute approximate surface area is 157 Å². The summed E-state index contributed by atoms with van der Waals surface area (Å²) >= 11 is 0. The number of carbonyl (C=O) groups is 2. The van der Waals surface area contributed by atoms with Gasteiger partial charge < -0.3 is 19.8 Å². The molecule has 6 heteroatoms. The van der Waals surface area contributed by atoms with Crippen molar-refractivity contribution in [2.24, 2.45) is 0 Å². The molecule has 0 aliphatic rings. The highest BCUT2D eigenvalue weighted by Gasteiger charge is 2.14. The van der Waals surface area contributed by atoms with Crippen molar-refractivity contribution in [3.63, 3.8) is 0 Å². The molecule has 0 fully saturated rings. The first-order valence-corrected chi connectivity index (χ1v) is 8.52. The Bertz CT molecular complexity index is 919. The van der Waals surface area contributed by atoms with Gasteiger partial charge in [0.1, 0.15) is 11.5 Å². The van der Waals surface area contributed by atoms with Crippen LogP contribution in [0.2, 0.25) is 0 Å². The lowest BCUT2D eigenvalue weighted by Gasteiger charge is -2.12. The van der Waals surface area contributed by atoms with E-state index >= 15 is 0 Å². The van der Waals surface area contributed by atoms with Gasteiger partial charge in [-0.1, -0.05) is 18.2 Å². The summed E-state index contributed by atoms with van der Waals surface area (Å²) in [5.74, 6) is 0.889. The second-order valence-corrected chi connectivity index (χ2v) is 5.86. The molecule has 0 bridgehead atoms. The maximum Gasteiger partial charge on any atom is 0.257 e. The van der Waals surface area contributed by atoms with Crippen molar-refractivity contribution in [1.29, 1.82) is 0 Å². The number of furan rings is 1. The van der Waals surface area contributed by atoms with Crippen molar-refractivity contribution in [3.8, 4) is 5.75 Å². The lowest BCUT2D eigenvalue weighted by atomic mass is 10.1.